The van der Waals surface area contributed by atoms with Gasteiger partial charge in [-0.2, -0.15) is 0 Å². The Bertz CT molecular complexity index is 500. The fraction of sp³-hybridized carbons (Fsp3) is 0.684. The van der Waals surface area contributed by atoms with E-state index in [-0.39, 0.29) is 0 Å². The Morgan fingerprint density at radius 3 is 2.65 bits per heavy atom. The van der Waals surface area contributed by atoms with Gasteiger partial charge in [0, 0.05) is 19.1 Å². The van der Waals surface area contributed by atoms with Crippen LogP contribution in [0.4, 0.5) is 0 Å². The Balaban J connectivity index is 1.62. The molecule has 1 aromatic carbocycles. The highest BCUT2D eigenvalue weighted by atomic mass is 16.5. The lowest BCUT2D eigenvalue weighted by Gasteiger charge is -2.37. The minimum atomic E-state index is 0.667. The van der Waals surface area contributed by atoms with Gasteiger partial charge in [-0.25, -0.2) is 0 Å². The molecule has 3 rings (SSSR count). The van der Waals surface area contributed by atoms with E-state index in [0.717, 1.165) is 24.1 Å². The molecule has 0 aliphatic carbocycles. The molecule has 1 atom stereocenters. The highest BCUT2D eigenvalue weighted by molar-refractivity contribution is 5.43. The molecule has 2 aliphatic rings. The number of nitrogens with zero attached hydrogens (tertiary/aromatic N) is 2. The molecular weight excluding hydrogens is 288 g/mol. The van der Waals surface area contributed by atoms with Gasteiger partial charge in [0.1, 0.15) is 0 Å². The van der Waals surface area contributed by atoms with Crippen molar-refractivity contribution < 1.29 is 9.47 Å². The van der Waals surface area contributed by atoms with E-state index in [2.05, 4.69) is 21.9 Å². The van der Waals surface area contributed by atoms with Crippen molar-refractivity contribution in [3.8, 4) is 11.5 Å². The first-order valence-corrected chi connectivity index (χ1v) is 9.06. The van der Waals surface area contributed by atoms with Crippen molar-refractivity contribution >= 4 is 0 Å². The van der Waals surface area contributed by atoms with Crippen molar-refractivity contribution in [3.63, 3.8) is 0 Å². The number of rotatable bonds is 6. The first kappa shape index (κ1) is 16.6. The Morgan fingerprint density at radius 2 is 1.91 bits per heavy atom. The summed E-state index contributed by atoms with van der Waals surface area (Å²) in [6.07, 6.45) is 5.44. The largest absolute Gasteiger partial charge is 0.493 e. The molecule has 2 fully saturated rings. The van der Waals surface area contributed by atoms with Crippen LogP contribution in [0, 0.1) is 0 Å². The van der Waals surface area contributed by atoms with E-state index in [1.165, 1.54) is 57.4 Å². The predicted octanol–water partition coefficient (Wildman–Crippen LogP) is 3.15. The Morgan fingerprint density at radius 1 is 1.09 bits per heavy atom. The van der Waals surface area contributed by atoms with E-state index in [1.54, 1.807) is 7.11 Å². The van der Waals surface area contributed by atoms with Crippen LogP contribution in [0.5, 0.6) is 11.5 Å². The van der Waals surface area contributed by atoms with Crippen LogP contribution in [-0.4, -0.2) is 55.7 Å². The molecule has 23 heavy (non-hydrogen) atoms. The lowest BCUT2D eigenvalue weighted by Crippen LogP contribution is -2.46. The standard InChI is InChI=1S/C19H30N2O2/c1-3-23-19-13-16(8-9-18(19)22-2)14-20-10-6-7-17(15-20)21-11-4-5-12-21/h8-9,13,17H,3-7,10-12,14-15H2,1-2H3. The van der Waals surface area contributed by atoms with Gasteiger partial charge in [0.15, 0.2) is 11.5 Å². The van der Waals surface area contributed by atoms with E-state index >= 15 is 0 Å². The fourth-order valence-electron chi connectivity index (χ4n) is 3.93. The van der Waals surface area contributed by atoms with Crippen molar-refractivity contribution in [1.29, 1.82) is 0 Å². The molecule has 4 heteroatoms. The van der Waals surface area contributed by atoms with Crippen LogP contribution in [0.25, 0.3) is 0 Å². The maximum atomic E-state index is 5.71. The molecule has 128 valence electrons. The van der Waals surface area contributed by atoms with Gasteiger partial charge in [-0.15, -0.1) is 0 Å². The van der Waals surface area contributed by atoms with Gasteiger partial charge >= 0.3 is 0 Å². The minimum absolute atomic E-state index is 0.667. The molecule has 2 saturated heterocycles. The molecule has 0 radical (unpaired) electrons. The van der Waals surface area contributed by atoms with Gasteiger partial charge in [-0.1, -0.05) is 6.07 Å². The van der Waals surface area contributed by atoms with Gasteiger partial charge in [-0.05, 0) is 69.9 Å². The summed E-state index contributed by atoms with van der Waals surface area (Å²) in [6.45, 7) is 8.70. The van der Waals surface area contributed by atoms with Crippen molar-refractivity contribution in [3.05, 3.63) is 23.8 Å². The zero-order valence-corrected chi connectivity index (χ0v) is 14.6. The number of hydrogen-bond donors (Lipinski definition) is 0. The summed E-state index contributed by atoms with van der Waals surface area (Å²) in [5, 5.41) is 0. The quantitative estimate of drug-likeness (QED) is 0.804. The highest BCUT2D eigenvalue weighted by Crippen LogP contribution is 2.29. The second kappa shape index (κ2) is 8.02. The molecule has 0 spiro atoms. The average Bonchev–Trinajstić information content (AvgIpc) is 3.10. The Kier molecular flexibility index (Phi) is 5.79. The van der Waals surface area contributed by atoms with Crippen molar-refractivity contribution in [2.24, 2.45) is 0 Å². The lowest BCUT2D eigenvalue weighted by atomic mass is 10.0. The number of ether oxygens (including phenoxy) is 2. The zero-order chi connectivity index (χ0) is 16.1. The molecule has 0 N–H and O–H groups in total. The van der Waals surface area contributed by atoms with Crippen LogP contribution in [0.2, 0.25) is 0 Å². The molecule has 0 amide bonds. The van der Waals surface area contributed by atoms with E-state index in [0.29, 0.717) is 6.61 Å². The summed E-state index contributed by atoms with van der Waals surface area (Å²) in [7, 11) is 1.70. The van der Waals surface area contributed by atoms with Crippen molar-refractivity contribution in [1.82, 2.24) is 9.80 Å². The summed E-state index contributed by atoms with van der Waals surface area (Å²) in [6, 6.07) is 7.10. The van der Waals surface area contributed by atoms with Gasteiger partial charge in [-0.3, -0.25) is 9.80 Å². The number of piperidine rings is 1. The molecule has 1 aromatic rings. The molecule has 2 heterocycles. The first-order chi connectivity index (χ1) is 11.3. The summed E-state index contributed by atoms with van der Waals surface area (Å²) in [5.74, 6) is 1.68. The fourth-order valence-corrected chi connectivity index (χ4v) is 3.93. The zero-order valence-electron chi connectivity index (χ0n) is 14.6. The Labute approximate surface area is 140 Å². The Hall–Kier alpha value is -1.26. The van der Waals surface area contributed by atoms with Crippen LogP contribution in [0.15, 0.2) is 18.2 Å². The summed E-state index contributed by atoms with van der Waals surface area (Å²) < 4.78 is 11.1. The van der Waals surface area contributed by atoms with Gasteiger partial charge in [0.25, 0.3) is 0 Å². The monoisotopic (exact) mass is 318 g/mol. The van der Waals surface area contributed by atoms with Crippen LogP contribution in [0.1, 0.15) is 38.2 Å². The maximum Gasteiger partial charge on any atom is 0.161 e. The minimum Gasteiger partial charge on any atom is -0.493 e. The third kappa shape index (κ3) is 4.18. The number of benzene rings is 1. The molecule has 2 aliphatic heterocycles. The normalized spacial score (nSPS) is 23.1. The van der Waals surface area contributed by atoms with Crippen LogP contribution >= 0.6 is 0 Å². The van der Waals surface area contributed by atoms with E-state index < -0.39 is 0 Å². The molecule has 1 unspecified atom stereocenters. The van der Waals surface area contributed by atoms with Crippen LogP contribution in [0.3, 0.4) is 0 Å². The summed E-state index contributed by atoms with van der Waals surface area (Å²) in [5.41, 5.74) is 1.32. The molecule has 0 aromatic heterocycles. The first-order valence-electron chi connectivity index (χ1n) is 9.06. The second-order valence-electron chi connectivity index (χ2n) is 6.69. The summed E-state index contributed by atoms with van der Waals surface area (Å²) in [4.78, 5) is 5.30. The number of hydrogen-bond acceptors (Lipinski definition) is 4. The van der Waals surface area contributed by atoms with Crippen LogP contribution < -0.4 is 9.47 Å². The average molecular weight is 318 g/mol. The van der Waals surface area contributed by atoms with Crippen molar-refractivity contribution in [2.75, 3.05) is 39.9 Å². The maximum absolute atomic E-state index is 5.71. The smallest absolute Gasteiger partial charge is 0.161 e. The highest BCUT2D eigenvalue weighted by Gasteiger charge is 2.27. The SMILES string of the molecule is CCOc1cc(CN2CCCC(N3CCCC3)C2)ccc1OC. The van der Waals surface area contributed by atoms with E-state index in [1.807, 2.05) is 13.0 Å². The summed E-state index contributed by atoms with van der Waals surface area (Å²) >= 11 is 0. The van der Waals surface area contributed by atoms with Gasteiger partial charge < -0.3 is 9.47 Å². The molecule has 0 bridgehead atoms. The van der Waals surface area contributed by atoms with Gasteiger partial charge in [0.2, 0.25) is 0 Å². The van der Waals surface area contributed by atoms with E-state index in [4.69, 9.17) is 9.47 Å². The number of methoxy groups -OCH3 is 1. The third-order valence-electron chi connectivity index (χ3n) is 5.07. The molecule has 0 saturated carbocycles. The van der Waals surface area contributed by atoms with Crippen molar-refractivity contribution in [2.45, 2.75) is 45.2 Å². The third-order valence-corrected chi connectivity index (χ3v) is 5.07. The lowest BCUT2D eigenvalue weighted by molar-refractivity contribution is 0.110. The van der Waals surface area contributed by atoms with Crippen LogP contribution in [-0.2, 0) is 6.54 Å². The second-order valence-corrected chi connectivity index (χ2v) is 6.69. The predicted molar refractivity (Wildman–Crippen MR) is 93.3 cm³/mol. The molecule has 4 nitrogen and oxygen atoms in total. The van der Waals surface area contributed by atoms with Gasteiger partial charge in [0.05, 0.1) is 13.7 Å². The van der Waals surface area contributed by atoms with E-state index in [9.17, 15) is 0 Å². The number of likely N-dealkylation sites (tertiary alicyclic amines) is 2. The topological polar surface area (TPSA) is 24.9 Å². The molecular formula is C19H30N2O2.